The number of hydrogen-bond donors (Lipinski definition) is 1. The molecule has 2 heterocycles. The first-order valence-electron chi connectivity index (χ1n) is 3.98. The minimum absolute atomic E-state index is 0.101. The molecular weight excluding hydrogens is 158 g/mol. The van der Waals surface area contributed by atoms with Crippen LogP contribution in [-0.2, 0) is 14.3 Å². The zero-order valence-corrected chi connectivity index (χ0v) is 6.29. The first-order valence-corrected chi connectivity index (χ1v) is 3.98. The second-order valence-electron chi connectivity index (χ2n) is 3.37. The lowest BCUT2D eigenvalue weighted by molar-refractivity contribution is -0.124. The zero-order chi connectivity index (χ0) is 8.29. The van der Waals surface area contributed by atoms with E-state index in [0.29, 0.717) is 17.8 Å². The van der Waals surface area contributed by atoms with Crippen LogP contribution in [0.3, 0.4) is 0 Å². The van der Waals surface area contributed by atoms with Gasteiger partial charge in [-0.2, -0.15) is 0 Å². The molecule has 0 radical (unpaired) electrons. The molecule has 1 aliphatic carbocycles. The van der Waals surface area contributed by atoms with Gasteiger partial charge in [-0.25, -0.2) is 0 Å². The van der Waals surface area contributed by atoms with Crippen molar-refractivity contribution in [1.29, 1.82) is 0 Å². The van der Waals surface area contributed by atoms with Gasteiger partial charge in [-0.1, -0.05) is 0 Å². The molecule has 4 nitrogen and oxygen atoms in total. The van der Waals surface area contributed by atoms with E-state index in [1.54, 1.807) is 0 Å². The highest BCUT2D eigenvalue weighted by atomic mass is 16.5. The van der Waals surface area contributed by atoms with Crippen molar-refractivity contribution in [2.45, 2.75) is 12.5 Å². The van der Waals surface area contributed by atoms with Gasteiger partial charge in [0.05, 0.1) is 18.3 Å². The summed E-state index contributed by atoms with van der Waals surface area (Å²) < 4.78 is 5.31. The van der Waals surface area contributed by atoms with Crippen molar-refractivity contribution in [2.75, 3.05) is 6.61 Å². The van der Waals surface area contributed by atoms with Crippen molar-refractivity contribution in [2.24, 2.45) is 5.92 Å². The normalized spacial score (nSPS) is 37.7. The van der Waals surface area contributed by atoms with Crippen LogP contribution in [0, 0.1) is 5.92 Å². The van der Waals surface area contributed by atoms with Crippen molar-refractivity contribution in [3.05, 3.63) is 11.1 Å². The molecule has 2 bridgehead atoms. The van der Waals surface area contributed by atoms with E-state index in [2.05, 4.69) is 5.32 Å². The maximum atomic E-state index is 11.2. The Bertz CT molecular complexity index is 301. The van der Waals surface area contributed by atoms with Gasteiger partial charge < -0.3 is 4.74 Å². The molecule has 0 aromatic carbocycles. The van der Waals surface area contributed by atoms with Crippen LogP contribution in [0.15, 0.2) is 11.1 Å². The van der Waals surface area contributed by atoms with Crippen LogP contribution in [0.2, 0.25) is 0 Å². The molecule has 0 saturated carbocycles. The molecule has 0 aromatic rings. The standard InChI is InChI=1S/C8H7NO3/c10-7-5-3-1-4(12-2-3)6(5)8(11)9-7/h3-4H,1-2H2,(H,9,10,11). The van der Waals surface area contributed by atoms with E-state index in [-0.39, 0.29) is 23.8 Å². The maximum Gasteiger partial charge on any atom is 0.257 e. The topological polar surface area (TPSA) is 55.4 Å². The quantitative estimate of drug-likeness (QED) is 0.486. The molecule has 12 heavy (non-hydrogen) atoms. The van der Waals surface area contributed by atoms with Crippen LogP contribution in [0.5, 0.6) is 0 Å². The van der Waals surface area contributed by atoms with E-state index in [0.717, 1.165) is 6.42 Å². The van der Waals surface area contributed by atoms with Gasteiger partial charge in [-0.05, 0) is 6.42 Å². The minimum Gasteiger partial charge on any atom is -0.373 e. The molecule has 4 heteroatoms. The molecule has 0 aromatic heterocycles. The molecule has 1 saturated heterocycles. The van der Waals surface area contributed by atoms with Crippen LogP contribution >= 0.6 is 0 Å². The van der Waals surface area contributed by atoms with E-state index in [9.17, 15) is 9.59 Å². The number of ether oxygens (including phenoxy) is 1. The molecule has 0 spiro atoms. The number of imide groups is 1. The lowest BCUT2D eigenvalue weighted by atomic mass is 10.0. The van der Waals surface area contributed by atoms with Gasteiger partial charge >= 0.3 is 0 Å². The van der Waals surface area contributed by atoms with Crippen LogP contribution < -0.4 is 5.32 Å². The van der Waals surface area contributed by atoms with Crippen molar-refractivity contribution < 1.29 is 14.3 Å². The molecule has 3 rings (SSSR count). The summed E-state index contributed by atoms with van der Waals surface area (Å²) in [6.45, 7) is 0.601. The van der Waals surface area contributed by atoms with Gasteiger partial charge in [0.25, 0.3) is 11.8 Å². The second kappa shape index (κ2) is 1.77. The summed E-state index contributed by atoms with van der Waals surface area (Å²) in [6, 6.07) is 0. The third-order valence-electron chi connectivity index (χ3n) is 2.73. The highest BCUT2D eigenvalue weighted by molar-refractivity contribution is 6.21. The van der Waals surface area contributed by atoms with Gasteiger partial charge in [0.15, 0.2) is 0 Å². The fourth-order valence-electron chi connectivity index (χ4n) is 2.24. The van der Waals surface area contributed by atoms with Gasteiger partial charge in [-0.15, -0.1) is 0 Å². The van der Waals surface area contributed by atoms with Crippen molar-refractivity contribution >= 4 is 11.8 Å². The number of fused-ring (bicyclic) bond motifs is 4. The predicted octanol–water partition coefficient (Wildman–Crippen LogP) is -0.642. The van der Waals surface area contributed by atoms with Gasteiger partial charge in [0, 0.05) is 11.5 Å². The van der Waals surface area contributed by atoms with E-state index in [1.165, 1.54) is 0 Å². The Morgan fingerprint density at radius 1 is 1.25 bits per heavy atom. The van der Waals surface area contributed by atoms with Crippen molar-refractivity contribution in [3.63, 3.8) is 0 Å². The summed E-state index contributed by atoms with van der Waals surface area (Å²) in [6.07, 6.45) is 0.723. The van der Waals surface area contributed by atoms with E-state index in [4.69, 9.17) is 4.74 Å². The van der Waals surface area contributed by atoms with Crippen LogP contribution in [0.4, 0.5) is 0 Å². The Morgan fingerprint density at radius 3 is 2.75 bits per heavy atom. The van der Waals surface area contributed by atoms with Crippen LogP contribution in [0.1, 0.15) is 6.42 Å². The molecule has 2 aliphatic heterocycles. The van der Waals surface area contributed by atoms with E-state index in [1.807, 2.05) is 0 Å². The number of carbonyl (C=O) groups excluding carboxylic acids is 2. The monoisotopic (exact) mass is 165 g/mol. The zero-order valence-electron chi connectivity index (χ0n) is 6.29. The summed E-state index contributed by atoms with van der Waals surface area (Å²) in [5.41, 5.74) is 1.28. The first-order chi connectivity index (χ1) is 5.77. The third-order valence-corrected chi connectivity index (χ3v) is 2.73. The fraction of sp³-hybridized carbons (Fsp3) is 0.500. The van der Waals surface area contributed by atoms with E-state index >= 15 is 0 Å². The van der Waals surface area contributed by atoms with Gasteiger partial charge in [-0.3, -0.25) is 14.9 Å². The molecule has 2 amide bonds. The summed E-state index contributed by atoms with van der Waals surface area (Å²) in [7, 11) is 0. The molecule has 62 valence electrons. The number of nitrogens with one attached hydrogen (secondary N) is 1. The Balaban J connectivity index is 2.18. The third kappa shape index (κ3) is 0.536. The number of amides is 2. The van der Waals surface area contributed by atoms with E-state index < -0.39 is 0 Å². The largest absolute Gasteiger partial charge is 0.373 e. The highest BCUT2D eigenvalue weighted by Gasteiger charge is 2.49. The average molecular weight is 165 g/mol. The fourth-order valence-corrected chi connectivity index (χ4v) is 2.24. The van der Waals surface area contributed by atoms with Crippen LogP contribution in [0.25, 0.3) is 0 Å². The number of carbonyl (C=O) groups is 2. The van der Waals surface area contributed by atoms with Gasteiger partial charge in [0.1, 0.15) is 0 Å². The smallest absolute Gasteiger partial charge is 0.257 e. The number of rotatable bonds is 0. The minimum atomic E-state index is -0.248. The lowest BCUT2D eigenvalue weighted by Gasteiger charge is -2.09. The van der Waals surface area contributed by atoms with Gasteiger partial charge in [0.2, 0.25) is 0 Å². The van der Waals surface area contributed by atoms with Crippen molar-refractivity contribution in [3.8, 4) is 0 Å². The van der Waals surface area contributed by atoms with Crippen molar-refractivity contribution in [1.82, 2.24) is 5.32 Å². The lowest BCUT2D eigenvalue weighted by Crippen LogP contribution is -2.27. The highest BCUT2D eigenvalue weighted by Crippen LogP contribution is 2.42. The number of hydrogen-bond acceptors (Lipinski definition) is 3. The second-order valence-corrected chi connectivity index (χ2v) is 3.37. The Labute approximate surface area is 68.6 Å². The summed E-state index contributed by atoms with van der Waals surface area (Å²) >= 11 is 0. The Kier molecular flexibility index (Phi) is 0.939. The molecule has 2 atom stereocenters. The predicted molar refractivity (Wildman–Crippen MR) is 38.0 cm³/mol. The van der Waals surface area contributed by atoms with Crippen LogP contribution in [-0.4, -0.2) is 24.5 Å². The molecule has 1 fully saturated rings. The average Bonchev–Trinajstić information content (AvgIpc) is 2.64. The molecular formula is C8H7NO3. The summed E-state index contributed by atoms with van der Waals surface area (Å²) in [4.78, 5) is 22.4. The molecule has 1 N–H and O–H groups in total. The Hall–Kier alpha value is -1.16. The molecule has 3 aliphatic rings. The summed E-state index contributed by atoms with van der Waals surface area (Å²) in [5.74, 6) is -0.274. The molecule has 2 unspecified atom stereocenters. The maximum absolute atomic E-state index is 11.2. The SMILES string of the molecule is O=C1NC(=O)C2=C1C1COC2C1. The summed E-state index contributed by atoms with van der Waals surface area (Å²) in [5, 5.41) is 2.29. The first kappa shape index (κ1) is 6.37. The Morgan fingerprint density at radius 2 is 2.00 bits per heavy atom.